The van der Waals surface area contributed by atoms with Gasteiger partial charge >= 0.3 is 6.09 Å². The van der Waals surface area contributed by atoms with Crippen LogP contribution in [0.15, 0.2) is 89.6 Å². The molecule has 0 saturated heterocycles. The van der Waals surface area contributed by atoms with Gasteiger partial charge in [0.05, 0.1) is 12.7 Å². The van der Waals surface area contributed by atoms with Crippen LogP contribution in [0.1, 0.15) is 22.6 Å². The number of benzene rings is 3. The molecule has 1 amide bonds. The number of ether oxygens (including phenoxy) is 1. The third-order valence-electron chi connectivity index (χ3n) is 5.50. The van der Waals surface area contributed by atoms with Crippen LogP contribution in [0.3, 0.4) is 0 Å². The zero-order valence-electron chi connectivity index (χ0n) is 17.2. The van der Waals surface area contributed by atoms with Gasteiger partial charge in [0.15, 0.2) is 5.76 Å². The highest BCUT2D eigenvalue weighted by Gasteiger charge is 2.28. The van der Waals surface area contributed by atoms with Crippen LogP contribution < -0.4 is 5.32 Å². The van der Waals surface area contributed by atoms with E-state index >= 15 is 0 Å². The first-order valence-corrected chi connectivity index (χ1v) is 10.4. The molecule has 0 unspecified atom stereocenters. The Morgan fingerprint density at radius 3 is 2.28 bits per heavy atom. The number of amides is 1. The zero-order chi connectivity index (χ0) is 21.8. The first kappa shape index (κ1) is 19.7. The van der Waals surface area contributed by atoms with Crippen LogP contribution in [0.5, 0.6) is 0 Å². The number of alkyl carbamates (subject to hydrolysis) is 1. The van der Waals surface area contributed by atoms with E-state index in [2.05, 4.69) is 46.6 Å². The van der Waals surface area contributed by atoms with Crippen molar-refractivity contribution in [3.8, 4) is 34.3 Å². The van der Waals surface area contributed by atoms with E-state index in [0.29, 0.717) is 5.76 Å². The molecule has 3 aromatic carbocycles. The molecular formula is C27H20N2O3. The minimum Gasteiger partial charge on any atom is -0.449 e. The van der Waals surface area contributed by atoms with Crippen molar-refractivity contribution in [3.05, 3.63) is 102 Å². The Hall–Kier alpha value is -4.30. The molecule has 4 aromatic rings. The van der Waals surface area contributed by atoms with Crippen LogP contribution in [0.2, 0.25) is 0 Å². The summed E-state index contributed by atoms with van der Waals surface area (Å²) in [6.45, 7) is 0.497. The van der Waals surface area contributed by atoms with Gasteiger partial charge < -0.3 is 14.6 Å². The second kappa shape index (κ2) is 8.83. The van der Waals surface area contributed by atoms with Crippen LogP contribution in [0.4, 0.5) is 4.79 Å². The fraction of sp³-hybridized carbons (Fsp3) is 0.111. The molecule has 5 heteroatoms. The maximum atomic E-state index is 12.2. The SMILES string of the molecule is O=C(NCC#Cc1ccc(-c2ccno2)cc1)OCC1c2ccccc2-c2ccccc21. The Bertz CT molecular complexity index is 1250. The molecule has 1 N–H and O–H groups in total. The van der Waals surface area contributed by atoms with Crippen molar-refractivity contribution >= 4 is 6.09 Å². The summed E-state index contributed by atoms with van der Waals surface area (Å²) in [5.41, 5.74) is 6.58. The van der Waals surface area contributed by atoms with E-state index in [1.165, 1.54) is 22.3 Å². The molecule has 156 valence electrons. The van der Waals surface area contributed by atoms with Crippen LogP contribution >= 0.6 is 0 Å². The van der Waals surface area contributed by atoms with Crippen molar-refractivity contribution in [2.24, 2.45) is 0 Å². The highest BCUT2D eigenvalue weighted by atomic mass is 16.5. The lowest BCUT2D eigenvalue weighted by molar-refractivity contribution is 0.144. The molecule has 0 atom stereocenters. The lowest BCUT2D eigenvalue weighted by Crippen LogP contribution is -2.26. The van der Waals surface area contributed by atoms with Gasteiger partial charge in [0, 0.05) is 23.1 Å². The van der Waals surface area contributed by atoms with Gasteiger partial charge in [-0.2, -0.15) is 0 Å². The fourth-order valence-electron chi connectivity index (χ4n) is 3.99. The van der Waals surface area contributed by atoms with Crippen molar-refractivity contribution in [1.82, 2.24) is 10.5 Å². The predicted molar refractivity (Wildman–Crippen MR) is 122 cm³/mol. The second-order valence-corrected chi connectivity index (χ2v) is 7.43. The molecule has 0 fully saturated rings. The predicted octanol–water partition coefficient (Wildman–Crippen LogP) is 5.23. The molecule has 5 rings (SSSR count). The third kappa shape index (κ3) is 3.99. The molecule has 5 nitrogen and oxygen atoms in total. The fourth-order valence-corrected chi connectivity index (χ4v) is 3.99. The normalized spacial score (nSPS) is 11.8. The number of rotatable bonds is 4. The summed E-state index contributed by atoms with van der Waals surface area (Å²) in [5, 5.41) is 6.41. The van der Waals surface area contributed by atoms with Crippen molar-refractivity contribution < 1.29 is 14.1 Å². The molecule has 0 spiro atoms. The number of carbonyl (C=O) groups excluding carboxylic acids is 1. The summed E-state index contributed by atoms with van der Waals surface area (Å²) in [6.07, 6.45) is 1.14. The van der Waals surface area contributed by atoms with Crippen molar-refractivity contribution in [2.45, 2.75) is 5.92 Å². The highest BCUT2D eigenvalue weighted by Crippen LogP contribution is 2.44. The number of nitrogens with zero attached hydrogens (tertiary/aromatic N) is 1. The lowest BCUT2D eigenvalue weighted by atomic mass is 9.98. The number of hydrogen-bond donors (Lipinski definition) is 1. The van der Waals surface area contributed by atoms with E-state index in [1.54, 1.807) is 12.3 Å². The van der Waals surface area contributed by atoms with Crippen molar-refractivity contribution in [1.29, 1.82) is 0 Å². The quantitative estimate of drug-likeness (QED) is 0.459. The van der Waals surface area contributed by atoms with Gasteiger partial charge in [-0.05, 0) is 46.5 Å². The monoisotopic (exact) mass is 420 g/mol. The van der Waals surface area contributed by atoms with E-state index in [9.17, 15) is 4.79 Å². The van der Waals surface area contributed by atoms with Crippen LogP contribution in [0.25, 0.3) is 22.5 Å². The number of aromatic nitrogens is 1. The average Bonchev–Trinajstić information content (AvgIpc) is 3.48. The zero-order valence-corrected chi connectivity index (χ0v) is 17.2. The molecule has 1 aromatic heterocycles. The van der Waals surface area contributed by atoms with E-state index < -0.39 is 6.09 Å². The van der Waals surface area contributed by atoms with E-state index in [1.807, 2.05) is 48.5 Å². The average molecular weight is 420 g/mol. The maximum Gasteiger partial charge on any atom is 0.407 e. The number of carbonyl (C=O) groups is 1. The summed E-state index contributed by atoms with van der Waals surface area (Å²) >= 11 is 0. The molecule has 32 heavy (non-hydrogen) atoms. The van der Waals surface area contributed by atoms with E-state index in [0.717, 1.165) is 11.1 Å². The van der Waals surface area contributed by atoms with Crippen LogP contribution in [-0.2, 0) is 4.74 Å². The van der Waals surface area contributed by atoms with Gasteiger partial charge in [-0.15, -0.1) is 0 Å². The smallest absolute Gasteiger partial charge is 0.407 e. The van der Waals surface area contributed by atoms with E-state index in [-0.39, 0.29) is 19.1 Å². The summed E-state index contributed by atoms with van der Waals surface area (Å²) in [7, 11) is 0. The summed E-state index contributed by atoms with van der Waals surface area (Å²) in [5.74, 6) is 6.73. The number of nitrogens with one attached hydrogen (secondary N) is 1. The molecule has 1 aliphatic carbocycles. The Labute approximate surface area is 186 Å². The molecule has 1 aliphatic rings. The minimum absolute atomic E-state index is 0.0436. The first-order valence-electron chi connectivity index (χ1n) is 10.4. The summed E-state index contributed by atoms with van der Waals surface area (Å²) in [4.78, 5) is 12.2. The topological polar surface area (TPSA) is 64.4 Å². The van der Waals surface area contributed by atoms with Crippen LogP contribution in [0, 0.1) is 11.8 Å². The molecule has 0 saturated carbocycles. The Morgan fingerprint density at radius 1 is 0.938 bits per heavy atom. The van der Waals surface area contributed by atoms with Crippen LogP contribution in [-0.4, -0.2) is 24.4 Å². The van der Waals surface area contributed by atoms with Gasteiger partial charge in [-0.1, -0.05) is 65.5 Å². The summed E-state index contributed by atoms with van der Waals surface area (Å²) in [6, 6.07) is 26.0. The van der Waals surface area contributed by atoms with Crippen molar-refractivity contribution in [2.75, 3.05) is 13.2 Å². The third-order valence-corrected chi connectivity index (χ3v) is 5.50. The lowest BCUT2D eigenvalue weighted by Gasteiger charge is -2.14. The molecule has 1 heterocycles. The largest absolute Gasteiger partial charge is 0.449 e. The minimum atomic E-state index is -0.471. The van der Waals surface area contributed by atoms with Gasteiger partial charge in [0.2, 0.25) is 0 Å². The molecule has 0 radical (unpaired) electrons. The Kier molecular flexibility index (Phi) is 5.42. The van der Waals surface area contributed by atoms with Gasteiger partial charge in [-0.3, -0.25) is 0 Å². The molecular weight excluding hydrogens is 400 g/mol. The summed E-state index contributed by atoms with van der Waals surface area (Å²) < 4.78 is 10.7. The van der Waals surface area contributed by atoms with E-state index in [4.69, 9.17) is 9.26 Å². The number of fused-ring (bicyclic) bond motifs is 3. The standard InChI is InChI=1S/C27H20N2O3/c30-27(28-16-5-6-19-11-13-20(14-12-19)26-15-17-29-32-26)31-18-25-23-9-3-1-7-21(23)22-8-2-4-10-24(22)25/h1-4,7-15,17,25H,16,18H2,(H,28,30). The highest BCUT2D eigenvalue weighted by molar-refractivity contribution is 5.79. The molecule has 0 bridgehead atoms. The van der Waals surface area contributed by atoms with Gasteiger partial charge in [0.1, 0.15) is 6.61 Å². The van der Waals surface area contributed by atoms with Gasteiger partial charge in [-0.25, -0.2) is 4.79 Å². The van der Waals surface area contributed by atoms with Gasteiger partial charge in [0.25, 0.3) is 0 Å². The Balaban J connectivity index is 1.15. The number of hydrogen-bond acceptors (Lipinski definition) is 4. The maximum absolute atomic E-state index is 12.2. The van der Waals surface area contributed by atoms with Crippen molar-refractivity contribution in [3.63, 3.8) is 0 Å². The Morgan fingerprint density at radius 2 is 1.62 bits per heavy atom. The molecule has 0 aliphatic heterocycles. The first-order chi connectivity index (χ1) is 15.8. The second-order valence-electron chi connectivity index (χ2n) is 7.43.